The van der Waals surface area contributed by atoms with Gasteiger partial charge in [0.2, 0.25) is 0 Å². The van der Waals surface area contributed by atoms with Crippen LogP contribution in [0.2, 0.25) is 0 Å². The standard InChI is InChI=1S/C10H10BrN3O2S/c11-8-2-1-7(17-8)6-16-10(15)5-14-4-3-9(12)13-14/h1-4H,5-6H2,(H2,12,13). The molecule has 7 heteroatoms. The first-order chi connectivity index (χ1) is 8.13. The Balaban J connectivity index is 1.82. The lowest BCUT2D eigenvalue weighted by Gasteiger charge is -2.03. The summed E-state index contributed by atoms with van der Waals surface area (Å²) in [6.45, 7) is 0.357. The lowest BCUT2D eigenvalue weighted by Crippen LogP contribution is -2.13. The van der Waals surface area contributed by atoms with Crippen molar-refractivity contribution in [1.82, 2.24) is 9.78 Å². The molecule has 17 heavy (non-hydrogen) atoms. The third kappa shape index (κ3) is 3.57. The minimum absolute atomic E-state index is 0.0732. The zero-order valence-corrected chi connectivity index (χ0v) is 11.2. The number of nitrogens with zero attached hydrogens (tertiary/aromatic N) is 2. The van der Waals surface area contributed by atoms with Crippen molar-refractivity contribution in [3.8, 4) is 0 Å². The van der Waals surface area contributed by atoms with E-state index in [2.05, 4.69) is 21.0 Å². The van der Waals surface area contributed by atoms with Gasteiger partial charge in [0.25, 0.3) is 0 Å². The zero-order chi connectivity index (χ0) is 12.3. The smallest absolute Gasteiger partial charge is 0.328 e. The molecule has 0 bridgehead atoms. The van der Waals surface area contributed by atoms with Crippen LogP contribution in [0.5, 0.6) is 0 Å². The zero-order valence-electron chi connectivity index (χ0n) is 8.80. The second-order valence-electron chi connectivity index (χ2n) is 3.30. The molecule has 0 aliphatic rings. The number of rotatable bonds is 4. The van der Waals surface area contributed by atoms with Crippen molar-refractivity contribution in [1.29, 1.82) is 0 Å². The predicted octanol–water partition coefficient (Wildman–Crippen LogP) is 2.03. The number of carbonyl (C=O) groups is 1. The Hall–Kier alpha value is -1.34. The molecule has 0 unspecified atom stereocenters. The van der Waals surface area contributed by atoms with Gasteiger partial charge in [0, 0.05) is 11.1 Å². The van der Waals surface area contributed by atoms with E-state index in [1.165, 1.54) is 16.0 Å². The third-order valence-corrected chi connectivity index (χ3v) is 3.55. The Morgan fingerprint density at radius 3 is 2.94 bits per heavy atom. The summed E-state index contributed by atoms with van der Waals surface area (Å²) in [5.41, 5.74) is 5.43. The van der Waals surface area contributed by atoms with E-state index in [-0.39, 0.29) is 19.1 Å². The van der Waals surface area contributed by atoms with Crippen LogP contribution in [0, 0.1) is 0 Å². The fourth-order valence-corrected chi connectivity index (χ4v) is 2.62. The van der Waals surface area contributed by atoms with E-state index in [9.17, 15) is 4.79 Å². The SMILES string of the molecule is Nc1ccn(CC(=O)OCc2ccc(Br)s2)n1. The van der Waals surface area contributed by atoms with E-state index in [1.54, 1.807) is 12.3 Å². The van der Waals surface area contributed by atoms with E-state index < -0.39 is 0 Å². The highest BCUT2D eigenvalue weighted by molar-refractivity contribution is 9.11. The molecule has 0 aromatic carbocycles. The van der Waals surface area contributed by atoms with Crippen molar-refractivity contribution in [3.05, 3.63) is 33.1 Å². The lowest BCUT2D eigenvalue weighted by molar-refractivity contribution is -0.145. The van der Waals surface area contributed by atoms with Crippen LogP contribution in [0.15, 0.2) is 28.2 Å². The van der Waals surface area contributed by atoms with Crippen LogP contribution in [-0.4, -0.2) is 15.7 Å². The Morgan fingerprint density at radius 1 is 1.53 bits per heavy atom. The molecule has 0 saturated carbocycles. The number of carbonyl (C=O) groups excluding carboxylic acids is 1. The number of anilines is 1. The molecule has 0 aliphatic carbocycles. The van der Waals surface area contributed by atoms with Gasteiger partial charge in [-0.25, -0.2) is 0 Å². The largest absolute Gasteiger partial charge is 0.459 e. The molecule has 0 spiro atoms. The Morgan fingerprint density at radius 2 is 2.35 bits per heavy atom. The molecule has 2 aromatic rings. The van der Waals surface area contributed by atoms with Gasteiger partial charge in [-0.15, -0.1) is 11.3 Å². The normalized spacial score (nSPS) is 10.4. The molecule has 2 rings (SSSR count). The van der Waals surface area contributed by atoms with Crippen molar-refractivity contribution in [2.24, 2.45) is 0 Å². The average molecular weight is 316 g/mol. The Kier molecular flexibility index (Phi) is 3.80. The fourth-order valence-electron chi connectivity index (χ4n) is 1.22. The number of nitrogens with two attached hydrogens (primary N) is 1. The number of ether oxygens (including phenoxy) is 1. The van der Waals surface area contributed by atoms with Crippen LogP contribution in [0.25, 0.3) is 0 Å². The molecule has 2 N–H and O–H groups in total. The van der Waals surface area contributed by atoms with Gasteiger partial charge >= 0.3 is 5.97 Å². The highest BCUT2D eigenvalue weighted by atomic mass is 79.9. The first-order valence-corrected chi connectivity index (χ1v) is 6.43. The number of hydrogen-bond donors (Lipinski definition) is 1. The highest BCUT2D eigenvalue weighted by Gasteiger charge is 2.06. The van der Waals surface area contributed by atoms with E-state index in [0.717, 1.165) is 8.66 Å². The molecular formula is C10H10BrN3O2S. The quantitative estimate of drug-likeness (QED) is 0.876. The average Bonchev–Trinajstić information content (AvgIpc) is 2.85. The summed E-state index contributed by atoms with van der Waals surface area (Å²) in [5.74, 6) is 0.0533. The van der Waals surface area contributed by atoms with E-state index >= 15 is 0 Å². The second-order valence-corrected chi connectivity index (χ2v) is 5.85. The van der Waals surface area contributed by atoms with Crippen molar-refractivity contribution in [2.45, 2.75) is 13.2 Å². The maximum Gasteiger partial charge on any atom is 0.328 e. The molecular weight excluding hydrogens is 306 g/mol. The molecule has 0 radical (unpaired) electrons. The summed E-state index contributed by atoms with van der Waals surface area (Å²) < 4.78 is 7.57. The van der Waals surface area contributed by atoms with Crippen LogP contribution in [0.1, 0.15) is 4.88 Å². The number of aromatic nitrogens is 2. The summed E-state index contributed by atoms with van der Waals surface area (Å²) in [4.78, 5) is 12.5. The van der Waals surface area contributed by atoms with Gasteiger partial charge in [-0.05, 0) is 34.1 Å². The number of thiophene rings is 1. The maximum absolute atomic E-state index is 11.5. The Labute approximate surface area is 110 Å². The molecule has 0 amide bonds. The number of hydrogen-bond acceptors (Lipinski definition) is 5. The van der Waals surface area contributed by atoms with Gasteiger partial charge in [0.05, 0.1) is 3.79 Å². The first kappa shape index (κ1) is 12.1. The van der Waals surface area contributed by atoms with Gasteiger partial charge in [-0.2, -0.15) is 5.10 Å². The highest BCUT2D eigenvalue weighted by Crippen LogP contribution is 2.22. The van der Waals surface area contributed by atoms with Gasteiger partial charge in [-0.3, -0.25) is 9.48 Å². The lowest BCUT2D eigenvalue weighted by atomic mass is 10.5. The van der Waals surface area contributed by atoms with Crippen LogP contribution in [0.3, 0.4) is 0 Å². The molecule has 0 saturated heterocycles. The summed E-state index contributed by atoms with van der Waals surface area (Å²) in [6, 6.07) is 5.46. The number of esters is 1. The first-order valence-electron chi connectivity index (χ1n) is 4.82. The topological polar surface area (TPSA) is 70.1 Å². The predicted molar refractivity (Wildman–Crippen MR) is 68.5 cm³/mol. The van der Waals surface area contributed by atoms with Crippen LogP contribution >= 0.6 is 27.3 Å². The molecule has 5 nitrogen and oxygen atoms in total. The van der Waals surface area contributed by atoms with Crippen molar-refractivity contribution < 1.29 is 9.53 Å². The molecule has 0 atom stereocenters. The molecule has 90 valence electrons. The molecule has 2 aromatic heterocycles. The van der Waals surface area contributed by atoms with Crippen LogP contribution < -0.4 is 5.73 Å². The fraction of sp³-hybridized carbons (Fsp3) is 0.200. The summed E-state index contributed by atoms with van der Waals surface area (Å²) in [6.07, 6.45) is 1.64. The summed E-state index contributed by atoms with van der Waals surface area (Å²) >= 11 is 4.88. The van der Waals surface area contributed by atoms with Gasteiger partial charge in [0.15, 0.2) is 0 Å². The van der Waals surface area contributed by atoms with Crippen LogP contribution in [0.4, 0.5) is 5.82 Å². The molecule has 0 fully saturated rings. The van der Waals surface area contributed by atoms with Crippen LogP contribution in [-0.2, 0) is 22.7 Å². The molecule has 2 heterocycles. The van der Waals surface area contributed by atoms with Crippen molar-refractivity contribution >= 4 is 39.1 Å². The van der Waals surface area contributed by atoms with E-state index in [0.29, 0.717) is 5.82 Å². The van der Waals surface area contributed by atoms with Gasteiger partial charge in [0.1, 0.15) is 19.0 Å². The van der Waals surface area contributed by atoms with Crippen molar-refractivity contribution in [3.63, 3.8) is 0 Å². The molecule has 0 aliphatic heterocycles. The third-order valence-electron chi connectivity index (χ3n) is 1.96. The Bertz CT molecular complexity index is 523. The summed E-state index contributed by atoms with van der Waals surface area (Å²) in [5, 5.41) is 3.90. The minimum Gasteiger partial charge on any atom is -0.459 e. The monoisotopic (exact) mass is 315 g/mol. The van der Waals surface area contributed by atoms with E-state index in [4.69, 9.17) is 10.5 Å². The van der Waals surface area contributed by atoms with Crippen molar-refractivity contribution in [2.75, 3.05) is 5.73 Å². The summed E-state index contributed by atoms with van der Waals surface area (Å²) in [7, 11) is 0. The number of halogens is 1. The van der Waals surface area contributed by atoms with Gasteiger partial charge < -0.3 is 10.5 Å². The minimum atomic E-state index is -0.336. The second kappa shape index (κ2) is 5.33. The van der Waals surface area contributed by atoms with Gasteiger partial charge in [-0.1, -0.05) is 0 Å². The maximum atomic E-state index is 11.5. The van der Waals surface area contributed by atoms with E-state index in [1.807, 2.05) is 12.1 Å². The number of nitrogen functional groups attached to an aromatic ring is 1.